The zero-order chi connectivity index (χ0) is 14.8. The maximum absolute atomic E-state index is 13.9. The molecule has 106 valence electrons. The van der Waals surface area contributed by atoms with Crippen LogP contribution >= 0.6 is 0 Å². The van der Waals surface area contributed by atoms with Crippen molar-refractivity contribution in [2.75, 3.05) is 0 Å². The van der Waals surface area contributed by atoms with Crippen molar-refractivity contribution < 1.29 is 8.78 Å². The number of hydrogen-bond acceptors (Lipinski definition) is 2. The molecule has 3 rings (SSSR count). The summed E-state index contributed by atoms with van der Waals surface area (Å²) in [5.74, 6) is -0.640. The van der Waals surface area contributed by atoms with Crippen molar-refractivity contribution in [1.29, 1.82) is 0 Å². The Morgan fingerprint density at radius 1 is 1.05 bits per heavy atom. The van der Waals surface area contributed by atoms with Gasteiger partial charge in [0.05, 0.1) is 11.9 Å². The van der Waals surface area contributed by atoms with Gasteiger partial charge in [-0.25, -0.2) is 13.5 Å². The van der Waals surface area contributed by atoms with Crippen molar-refractivity contribution in [3.8, 4) is 16.8 Å². The Morgan fingerprint density at radius 2 is 1.81 bits per heavy atom. The zero-order valence-corrected chi connectivity index (χ0v) is 11.1. The largest absolute Gasteiger partial charge is 0.326 e. The van der Waals surface area contributed by atoms with Gasteiger partial charge in [-0.3, -0.25) is 0 Å². The molecule has 0 spiro atoms. The molecule has 2 N–H and O–H groups in total. The predicted molar refractivity (Wildman–Crippen MR) is 76.8 cm³/mol. The highest BCUT2D eigenvalue weighted by molar-refractivity contribution is 5.64. The average Bonchev–Trinajstić information content (AvgIpc) is 2.98. The highest BCUT2D eigenvalue weighted by Crippen LogP contribution is 2.24. The summed E-state index contributed by atoms with van der Waals surface area (Å²) in [6.07, 6.45) is 3.27. The quantitative estimate of drug-likeness (QED) is 0.802. The van der Waals surface area contributed by atoms with Gasteiger partial charge in [0.1, 0.15) is 11.6 Å². The lowest BCUT2D eigenvalue weighted by Gasteiger charge is -2.03. The number of hydrogen-bond donors (Lipinski definition) is 1. The summed E-state index contributed by atoms with van der Waals surface area (Å²) in [6.45, 7) is 0.347. The van der Waals surface area contributed by atoms with Crippen molar-refractivity contribution in [2.45, 2.75) is 6.54 Å². The van der Waals surface area contributed by atoms with Crippen LogP contribution in [-0.4, -0.2) is 9.78 Å². The van der Waals surface area contributed by atoms with E-state index in [9.17, 15) is 8.78 Å². The van der Waals surface area contributed by atoms with Crippen LogP contribution in [0.3, 0.4) is 0 Å². The molecule has 0 amide bonds. The second kappa shape index (κ2) is 5.46. The van der Waals surface area contributed by atoms with E-state index in [1.165, 1.54) is 18.2 Å². The zero-order valence-electron chi connectivity index (χ0n) is 11.1. The monoisotopic (exact) mass is 285 g/mol. The second-order valence-corrected chi connectivity index (χ2v) is 4.67. The van der Waals surface area contributed by atoms with Gasteiger partial charge in [0.15, 0.2) is 0 Å². The number of rotatable bonds is 3. The third kappa shape index (κ3) is 2.68. The Kier molecular flexibility index (Phi) is 3.50. The molecular formula is C16H13F2N3. The molecule has 0 aliphatic rings. The van der Waals surface area contributed by atoms with Gasteiger partial charge in [0.25, 0.3) is 0 Å². The minimum absolute atomic E-state index is 0.312. The molecule has 0 aliphatic heterocycles. The van der Waals surface area contributed by atoms with E-state index in [2.05, 4.69) is 5.10 Å². The Hall–Kier alpha value is -2.53. The Bertz CT molecular complexity index is 763. The fraction of sp³-hybridized carbons (Fsp3) is 0.0625. The van der Waals surface area contributed by atoms with Crippen LogP contribution in [0.1, 0.15) is 5.56 Å². The smallest absolute Gasteiger partial charge is 0.131 e. The standard InChI is InChI=1S/C16H13F2N3/c17-13-2-4-14(5-3-13)21-10-12(9-20-21)15-7-11(8-19)1-6-16(15)18/h1-7,9-10H,8,19H2. The first-order chi connectivity index (χ1) is 10.2. The first-order valence-electron chi connectivity index (χ1n) is 6.47. The van der Waals surface area contributed by atoms with E-state index in [-0.39, 0.29) is 11.6 Å². The normalized spacial score (nSPS) is 10.8. The van der Waals surface area contributed by atoms with Crippen LogP contribution in [0.15, 0.2) is 54.9 Å². The lowest BCUT2D eigenvalue weighted by Crippen LogP contribution is -1.97. The molecule has 0 atom stereocenters. The second-order valence-electron chi connectivity index (χ2n) is 4.67. The van der Waals surface area contributed by atoms with E-state index in [4.69, 9.17) is 5.73 Å². The van der Waals surface area contributed by atoms with Crippen molar-refractivity contribution in [3.63, 3.8) is 0 Å². The molecule has 0 unspecified atom stereocenters. The minimum Gasteiger partial charge on any atom is -0.326 e. The summed E-state index contributed by atoms with van der Waals surface area (Å²) >= 11 is 0. The third-order valence-electron chi connectivity index (χ3n) is 3.25. The number of nitrogens with zero attached hydrogens (tertiary/aromatic N) is 2. The molecule has 0 saturated heterocycles. The van der Waals surface area contributed by atoms with Gasteiger partial charge in [-0.1, -0.05) is 6.07 Å². The predicted octanol–water partition coefficient (Wildman–Crippen LogP) is 3.28. The topological polar surface area (TPSA) is 43.8 Å². The van der Waals surface area contributed by atoms with Crippen molar-refractivity contribution in [3.05, 3.63) is 72.1 Å². The number of nitrogens with two attached hydrogens (primary N) is 1. The fourth-order valence-corrected chi connectivity index (χ4v) is 2.12. The molecule has 0 saturated carbocycles. The van der Waals surface area contributed by atoms with Crippen molar-refractivity contribution in [1.82, 2.24) is 9.78 Å². The highest BCUT2D eigenvalue weighted by Gasteiger charge is 2.09. The Morgan fingerprint density at radius 3 is 2.52 bits per heavy atom. The Labute approximate surface area is 120 Å². The first kappa shape index (κ1) is 13.5. The van der Waals surface area contributed by atoms with Crippen LogP contribution in [0.5, 0.6) is 0 Å². The molecule has 0 fully saturated rings. The third-order valence-corrected chi connectivity index (χ3v) is 3.25. The Balaban J connectivity index is 2.00. The summed E-state index contributed by atoms with van der Waals surface area (Å²) in [6, 6.07) is 10.7. The van der Waals surface area contributed by atoms with Gasteiger partial charge in [-0.15, -0.1) is 0 Å². The maximum Gasteiger partial charge on any atom is 0.131 e. The fourth-order valence-electron chi connectivity index (χ4n) is 2.12. The van der Waals surface area contributed by atoms with Gasteiger partial charge in [0, 0.05) is 23.9 Å². The van der Waals surface area contributed by atoms with Crippen LogP contribution in [0.25, 0.3) is 16.8 Å². The average molecular weight is 285 g/mol. The van der Waals surface area contributed by atoms with Crippen LogP contribution in [-0.2, 0) is 6.54 Å². The summed E-state index contributed by atoms with van der Waals surface area (Å²) in [4.78, 5) is 0. The first-order valence-corrected chi connectivity index (χ1v) is 6.47. The van der Waals surface area contributed by atoms with Crippen LogP contribution < -0.4 is 5.73 Å². The van der Waals surface area contributed by atoms with E-state index in [0.29, 0.717) is 23.4 Å². The van der Waals surface area contributed by atoms with E-state index < -0.39 is 0 Å². The molecule has 5 heteroatoms. The summed E-state index contributed by atoms with van der Waals surface area (Å²) < 4.78 is 28.4. The lowest BCUT2D eigenvalue weighted by atomic mass is 10.1. The van der Waals surface area contributed by atoms with E-state index in [1.807, 2.05) is 0 Å². The van der Waals surface area contributed by atoms with Crippen molar-refractivity contribution in [2.24, 2.45) is 5.73 Å². The molecule has 21 heavy (non-hydrogen) atoms. The minimum atomic E-state index is -0.328. The molecule has 3 aromatic rings. The summed E-state index contributed by atoms with van der Waals surface area (Å²) in [5.41, 5.74) is 8.23. The number of halogens is 2. The summed E-state index contributed by atoms with van der Waals surface area (Å²) in [5, 5.41) is 4.19. The van der Waals surface area contributed by atoms with Gasteiger partial charge < -0.3 is 5.73 Å². The number of benzene rings is 2. The number of aromatic nitrogens is 2. The summed E-state index contributed by atoms with van der Waals surface area (Å²) in [7, 11) is 0. The maximum atomic E-state index is 13.9. The SMILES string of the molecule is NCc1ccc(F)c(-c2cnn(-c3ccc(F)cc3)c2)c1. The molecule has 1 aromatic heterocycles. The van der Waals surface area contributed by atoms with Crippen molar-refractivity contribution >= 4 is 0 Å². The molecule has 1 heterocycles. The van der Waals surface area contributed by atoms with Gasteiger partial charge in [0.2, 0.25) is 0 Å². The molecule has 0 radical (unpaired) electrons. The molecule has 3 nitrogen and oxygen atoms in total. The van der Waals surface area contributed by atoms with Crippen LogP contribution in [0.4, 0.5) is 8.78 Å². The molecular weight excluding hydrogens is 272 g/mol. The molecule has 0 aliphatic carbocycles. The lowest BCUT2D eigenvalue weighted by molar-refractivity contribution is 0.627. The van der Waals surface area contributed by atoms with Gasteiger partial charge >= 0.3 is 0 Å². The van der Waals surface area contributed by atoms with Crippen LogP contribution in [0, 0.1) is 11.6 Å². The molecule has 2 aromatic carbocycles. The van der Waals surface area contributed by atoms with Gasteiger partial charge in [-0.05, 0) is 42.0 Å². The van der Waals surface area contributed by atoms with E-state index >= 15 is 0 Å². The highest BCUT2D eigenvalue weighted by atomic mass is 19.1. The van der Waals surface area contributed by atoms with Crippen LogP contribution in [0.2, 0.25) is 0 Å². The van der Waals surface area contributed by atoms with E-state index in [1.54, 1.807) is 41.3 Å². The molecule has 0 bridgehead atoms. The van der Waals surface area contributed by atoms with Gasteiger partial charge in [-0.2, -0.15) is 5.10 Å². The van der Waals surface area contributed by atoms with E-state index in [0.717, 1.165) is 5.56 Å².